The summed E-state index contributed by atoms with van der Waals surface area (Å²) >= 11 is 0. The average Bonchev–Trinajstić information content (AvgIpc) is 3.36. The Labute approximate surface area is 146 Å². The Bertz CT molecular complexity index is 903. The molecule has 3 heterocycles. The molecule has 1 amide bonds. The number of amides is 1. The highest BCUT2D eigenvalue weighted by atomic mass is 16.3. The van der Waals surface area contributed by atoms with E-state index in [0.717, 1.165) is 42.7 Å². The fourth-order valence-corrected chi connectivity index (χ4v) is 3.29. The molecule has 1 aromatic carbocycles. The Hall–Kier alpha value is -2.82. The van der Waals surface area contributed by atoms with Crippen molar-refractivity contribution in [3.8, 4) is 17.1 Å². The molecular weight excluding hydrogens is 314 g/mol. The second-order valence-corrected chi connectivity index (χ2v) is 6.59. The predicted octanol–water partition coefficient (Wildman–Crippen LogP) is 3.99. The maximum absolute atomic E-state index is 13.1. The Morgan fingerprint density at radius 2 is 1.92 bits per heavy atom. The Morgan fingerprint density at radius 3 is 2.64 bits per heavy atom. The van der Waals surface area contributed by atoms with Gasteiger partial charge in [0.1, 0.15) is 11.4 Å². The lowest BCUT2D eigenvalue weighted by Crippen LogP contribution is -2.29. The van der Waals surface area contributed by atoms with Crippen LogP contribution < -0.4 is 0 Å². The number of hydrogen-bond donors (Lipinski definition) is 0. The third-order valence-electron chi connectivity index (χ3n) is 4.69. The van der Waals surface area contributed by atoms with Crippen molar-refractivity contribution in [3.63, 3.8) is 0 Å². The second-order valence-electron chi connectivity index (χ2n) is 6.59. The molecule has 5 nitrogen and oxygen atoms in total. The van der Waals surface area contributed by atoms with Gasteiger partial charge in [-0.3, -0.25) is 4.79 Å². The SMILES string of the molecule is Cc1ccc(C)c(-n2nc(-c3ccco3)cc2C(=O)N2CCCC2)c1. The van der Waals surface area contributed by atoms with E-state index < -0.39 is 0 Å². The summed E-state index contributed by atoms with van der Waals surface area (Å²) in [5, 5.41) is 4.69. The van der Waals surface area contributed by atoms with Crippen molar-refractivity contribution in [2.75, 3.05) is 13.1 Å². The first-order chi connectivity index (χ1) is 12.1. The molecule has 0 aliphatic carbocycles. The van der Waals surface area contributed by atoms with E-state index >= 15 is 0 Å². The minimum Gasteiger partial charge on any atom is -0.463 e. The maximum atomic E-state index is 13.1. The topological polar surface area (TPSA) is 51.3 Å². The molecule has 1 saturated heterocycles. The molecule has 2 aromatic heterocycles. The first-order valence-corrected chi connectivity index (χ1v) is 8.64. The zero-order valence-corrected chi connectivity index (χ0v) is 14.5. The predicted molar refractivity (Wildman–Crippen MR) is 95.9 cm³/mol. The highest BCUT2D eigenvalue weighted by molar-refractivity contribution is 5.94. The van der Waals surface area contributed by atoms with Gasteiger partial charge in [0.05, 0.1) is 12.0 Å². The smallest absolute Gasteiger partial charge is 0.272 e. The van der Waals surface area contributed by atoms with E-state index in [9.17, 15) is 4.79 Å². The molecule has 3 aromatic rings. The quantitative estimate of drug-likeness (QED) is 0.727. The van der Waals surface area contributed by atoms with Gasteiger partial charge in [-0.05, 0) is 56.0 Å². The van der Waals surface area contributed by atoms with Gasteiger partial charge in [0.2, 0.25) is 0 Å². The molecule has 1 fully saturated rings. The van der Waals surface area contributed by atoms with Gasteiger partial charge in [0.15, 0.2) is 5.76 Å². The van der Waals surface area contributed by atoms with E-state index in [1.54, 1.807) is 10.9 Å². The van der Waals surface area contributed by atoms with E-state index in [-0.39, 0.29) is 5.91 Å². The molecule has 0 spiro atoms. The van der Waals surface area contributed by atoms with Gasteiger partial charge in [-0.2, -0.15) is 5.10 Å². The minimum absolute atomic E-state index is 0.0312. The third-order valence-corrected chi connectivity index (χ3v) is 4.69. The Kier molecular flexibility index (Phi) is 3.92. The van der Waals surface area contributed by atoms with Gasteiger partial charge in [0.25, 0.3) is 5.91 Å². The summed E-state index contributed by atoms with van der Waals surface area (Å²) in [5.41, 5.74) is 4.40. The van der Waals surface area contributed by atoms with E-state index in [2.05, 4.69) is 18.2 Å². The fraction of sp³-hybridized carbons (Fsp3) is 0.300. The monoisotopic (exact) mass is 335 g/mol. The zero-order chi connectivity index (χ0) is 17.4. The first kappa shape index (κ1) is 15.7. The van der Waals surface area contributed by atoms with Crippen molar-refractivity contribution >= 4 is 5.91 Å². The van der Waals surface area contributed by atoms with Crippen molar-refractivity contribution in [1.82, 2.24) is 14.7 Å². The summed E-state index contributed by atoms with van der Waals surface area (Å²) in [6.45, 7) is 5.70. The normalized spacial score (nSPS) is 14.2. The van der Waals surface area contributed by atoms with Gasteiger partial charge in [-0.1, -0.05) is 12.1 Å². The van der Waals surface area contributed by atoms with Crippen molar-refractivity contribution in [2.24, 2.45) is 0 Å². The van der Waals surface area contributed by atoms with Gasteiger partial charge >= 0.3 is 0 Å². The standard InChI is InChI=1S/C20H21N3O2/c1-14-7-8-15(2)17(12-14)23-18(20(24)22-9-3-4-10-22)13-16(21-23)19-6-5-11-25-19/h5-8,11-13H,3-4,9-10H2,1-2H3. The molecule has 0 bridgehead atoms. The van der Waals surface area contributed by atoms with Crippen LogP contribution >= 0.6 is 0 Å². The van der Waals surface area contributed by atoms with Crippen LogP contribution in [0.1, 0.15) is 34.5 Å². The lowest BCUT2D eigenvalue weighted by Gasteiger charge is -2.17. The molecule has 128 valence electrons. The molecule has 4 rings (SSSR count). The van der Waals surface area contributed by atoms with Crippen LogP contribution in [0.25, 0.3) is 17.1 Å². The van der Waals surface area contributed by atoms with Crippen LogP contribution in [0, 0.1) is 13.8 Å². The number of hydrogen-bond acceptors (Lipinski definition) is 3. The van der Waals surface area contributed by atoms with Gasteiger partial charge < -0.3 is 9.32 Å². The maximum Gasteiger partial charge on any atom is 0.272 e. The number of nitrogens with zero attached hydrogens (tertiary/aromatic N) is 3. The van der Waals surface area contributed by atoms with E-state index in [1.165, 1.54) is 0 Å². The van der Waals surface area contributed by atoms with Crippen LogP contribution in [0.4, 0.5) is 0 Å². The summed E-state index contributed by atoms with van der Waals surface area (Å²) < 4.78 is 7.25. The Balaban J connectivity index is 1.86. The third kappa shape index (κ3) is 2.86. The highest BCUT2D eigenvalue weighted by Crippen LogP contribution is 2.26. The molecule has 0 radical (unpaired) electrons. The van der Waals surface area contributed by atoms with Gasteiger partial charge in [0, 0.05) is 19.2 Å². The summed E-state index contributed by atoms with van der Waals surface area (Å²) in [6, 6.07) is 11.7. The molecule has 0 atom stereocenters. The molecule has 25 heavy (non-hydrogen) atoms. The number of rotatable bonds is 3. The van der Waals surface area contributed by atoms with Crippen LogP contribution in [-0.2, 0) is 0 Å². The molecule has 0 N–H and O–H groups in total. The van der Waals surface area contributed by atoms with Crippen LogP contribution in [0.2, 0.25) is 0 Å². The summed E-state index contributed by atoms with van der Waals surface area (Å²) in [6.07, 6.45) is 3.75. The largest absolute Gasteiger partial charge is 0.463 e. The number of aromatic nitrogens is 2. The molecule has 0 unspecified atom stereocenters. The molecular formula is C20H21N3O2. The summed E-state index contributed by atoms with van der Waals surface area (Å²) in [5.74, 6) is 0.697. The number of likely N-dealkylation sites (tertiary alicyclic amines) is 1. The van der Waals surface area contributed by atoms with Crippen molar-refractivity contribution in [3.05, 3.63) is 59.5 Å². The zero-order valence-electron chi connectivity index (χ0n) is 14.5. The molecule has 5 heteroatoms. The minimum atomic E-state index is 0.0312. The van der Waals surface area contributed by atoms with Crippen molar-refractivity contribution in [1.29, 1.82) is 0 Å². The lowest BCUT2D eigenvalue weighted by molar-refractivity contribution is 0.0784. The van der Waals surface area contributed by atoms with Crippen LogP contribution in [0.5, 0.6) is 0 Å². The van der Waals surface area contributed by atoms with Gasteiger partial charge in [-0.15, -0.1) is 0 Å². The lowest BCUT2D eigenvalue weighted by atomic mass is 10.1. The summed E-state index contributed by atoms with van der Waals surface area (Å²) in [4.78, 5) is 15.0. The molecule has 0 saturated carbocycles. The number of aryl methyl sites for hydroxylation is 2. The van der Waals surface area contributed by atoms with Crippen LogP contribution in [0.3, 0.4) is 0 Å². The number of furan rings is 1. The number of carbonyl (C=O) groups excluding carboxylic acids is 1. The molecule has 1 aliphatic heterocycles. The highest BCUT2D eigenvalue weighted by Gasteiger charge is 2.25. The first-order valence-electron chi connectivity index (χ1n) is 8.64. The molecule has 1 aliphatic rings. The van der Waals surface area contributed by atoms with Crippen LogP contribution in [-0.4, -0.2) is 33.7 Å². The Morgan fingerprint density at radius 1 is 1.12 bits per heavy atom. The summed E-state index contributed by atoms with van der Waals surface area (Å²) in [7, 11) is 0. The fourth-order valence-electron chi connectivity index (χ4n) is 3.29. The van der Waals surface area contributed by atoms with E-state index in [4.69, 9.17) is 9.52 Å². The van der Waals surface area contributed by atoms with E-state index in [0.29, 0.717) is 17.1 Å². The van der Waals surface area contributed by atoms with Gasteiger partial charge in [-0.25, -0.2) is 4.68 Å². The van der Waals surface area contributed by atoms with Crippen molar-refractivity contribution < 1.29 is 9.21 Å². The average molecular weight is 335 g/mol. The van der Waals surface area contributed by atoms with Crippen molar-refractivity contribution in [2.45, 2.75) is 26.7 Å². The second kappa shape index (κ2) is 6.24. The van der Waals surface area contributed by atoms with Crippen LogP contribution in [0.15, 0.2) is 47.1 Å². The number of benzene rings is 1. The number of carbonyl (C=O) groups is 1. The van der Waals surface area contributed by atoms with E-state index in [1.807, 2.05) is 36.9 Å².